The summed E-state index contributed by atoms with van der Waals surface area (Å²) < 4.78 is 0. The monoisotopic (exact) mass is 295 g/mol. The number of piperidine rings is 1. The Morgan fingerprint density at radius 2 is 1.95 bits per heavy atom. The number of aromatic nitrogens is 4. The maximum Gasteiger partial charge on any atom is 0.225 e. The van der Waals surface area contributed by atoms with E-state index in [0.29, 0.717) is 5.52 Å². The number of nitrogens with zero attached hydrogens (tertiary/aromatic N) is 5. The van der Waals surface area contributed by atoms with Gasteiger partial charge in [-0.2, -0.15) is 4.98 Å². The number of hydrogen-bond donors (Lipinski definition) is 0. The van der Waals surface area contributed by atoms with Gasteiger partial charge in [0.25, 0.3) is 0 Å². The lowest BCUT2D eigenvalue weighted by atomic mass is 10.1. The van der Waals surface area contributed by atoms with Crippen LogP contribution in [0.15, 0.2) is 11.4 Å². The van der Waals surface area contributed by atoms with Crippen LogP contribution in [0.1, 0.15) is 19.3 Å². The average molecular weight is 296 g/mol. The SMILES string of the molecule is CSc1ncc2nc(Cl)nc(N3CCCCC3)c2n1. The van der Waals surface area contributed by atoms with Crippen molar-refractivity contribution in [3.63, 3.8) is 0 Å². The van der Waals surface area contributed by atoms with E-state index in [-0.39, 0.29) is 5.28 Å². The largest absolute Gasteiger partial charge is 0.355 e. The number of thioether (sulfide) groups is 1. The molecular formula is C12H14ClN5S. The van der Waals surface area contributed by atoms with Crippen LogP contribution in [0.25, 0.3) is 11.0 Å². The molecule has 7 heteroatoms. The van der Waals surface area contributed by atoms with Crippen LogP contribution in [0.5, 0.6) is 0 Å². The smallest absolute Gasteiger partial charge is 0.225 e. The van der Waals surface area contributed by atoms with Crippen molar-refractivity contribution in [2.75, 3.05) is 24.2 Å². The van der Waals surface area contributed by atoms with E-state index in [4.69, 9.17) is 11.6 Å². The molecule has 1 fully saturated rings. The topological polar surface area (TPSA) is 54.8 Å². The molecule has 100 valence electrons. The Balaban J connectivity index is 2.14. The number of fused-ring (bicyclic) bond motifs is 1. The molecule has 0 radical (unpaired) electrons. The van der Waals surface area contributed by atoms with Gasteiger partial charge < -0.3 is 4.90 Å². The summed E-state index contributed by atoms with van der Waals surface area (Å²) in [7, 11) is 0. The van der Waals surface area contributed by atoms with Gasteiger partial charge in [0.15, 0.2) is 11.0 Å². The van der Waals surface area contributed by atoms with Gasteiger partial charge in [-0.25, -0.2) is 15.0 Å². The van der Waals surface area contributed by atoms with Gasteiger partial charge in [0.05, 0.1) is 6.20 Å². The van der Waals surface area contributed by atoms with Crippen molar-refractivity contribution in [1.82, 2.24) is 19.9 Å². The molecule has 1 aliphatic rings. The standard InChI is InChI=1S/C12H14ClN5S/c1-19-12-14-7-8-9(16-12)10(17-11(13)15-8)18-5-3-2-4-6-18/h7H,2-6H2,1H3. The summed E-state index contributed by atoms with van der Waals surface area (Å²) >= 11 is 7.52. The molecule has 0 bridgehead atoms. The van der Waals surface area contributed by atoms with Crippen LogP contribution in [0.4, 0.5) is 5.82 Å². The second-order valence-electron chi connectivity index (χ2n) is 4.45. The summed E-state index contributed by atoms with van der Waals surface area (Å²) in [5.74, 6) is 0.840. The second-order valence-corrected chi connectivity index (χ2v) is 5.57. The van der Waals surface area contributed by atoms with E-state index in [1.54, 1.807) is 6.20 Å². The summed E-state index contributed by atoms with van der Waals surface area (Å²) in [6.45, 7) is 2.00. The lowest BCUT2D eigenvalue weighted by molar-refractivity contribution is 0.574. The van der Waals surface area contributed by atoms with Crippen molar-refractivity contribution >= 4 is 40.2 Å². The molecule has 0 unspecified atom stereocenters. The van der Waals surface area contributed by atoms with E-state index in [1.807, 2.05) is 6.26 Å². The molecule has 1 aliphatic heterocycles. The molecule has 0 aliphatic carbocycles. The fourth-order valence-electron chi connectivity index (χ4n) is 2.29. The Hall–Kier alpha value is -1.14. The van der Waals surface area contributed by atoms with Gasteiger partial charge in [0.2, 0.25) is 5.28 Å². The van der Waals surface area contributed by atoms with Gasteiger partial charge >= 0.3 is 0 Å². The summed E-state index contributed by atoms with van der Waals surface area (Å²) in [6.07, 6.45) is 7.32. The zero-order valence-electron chi connectivity index (χ0n) is 10.6. The Kier molecular flexibility index (Phi) is 3.70. The van der Waals surface area contributed by atoms with Gasteiger partial charge in [-0.1, -0.05) is 11.8 Å². The number of hydrogen-bond acceptors (Lipinski definition) is 6. The van der Waals surface area contributed by atoms with E-state index in [2.05, 4.69) is 24.8 Å². The third-order valence-corrected chi connectivity index (χ3v) is 3.94. The van der Waals surface area contributed by atoms with E-state index < -0.39 is 0 Å². The lowest BCUT2D eigenvalue weighted by Crippen LogP contribution is -2.30. The molecule has 0 amide bonds. The van der Waals surface area contributed by atoms with Gasteiger partial charge in [-0.05, 0) is 37.1 Å². The van der Waals surface area contributed by atoms with Crippen LogP contribution in [0, 0.1) is 0 Å². The van der Waals surface area contributed by atoms with Crippen molar-refractivity contribution in [2.45, 2.75) is 24.4 Å². The zero-order chi connectivity index (χ0) is 13.2. The highest BCUT2D eigenvalue weighted by Gasteiger charge is 2.18. The summed E-state index contributed by atoms with van der Waals surface area (Å²) in [5, 5.41) is 0.991. The Morgan fingerprint density at radius 3 is 2.68 bits per heavy atom. The fourth-order valence-corrected chi connectivity index (χ4v) is 2.81. The van der Waals surface area contributed by atoms with Gasteiger partial charge in [0, 0.05) is 13.1 Å². The molecule has 0 atom stereocenters. The first kappa shape index (κ1) is 12.9. The molecule has 3 rings (SSSR count). The maximum absolute atomic E-state index is 6.01. The minimum atomic E-state index is 0.258. The van der Waals surface area contributed by atoms with Gasteiger partial charge in [-0.15, -0.1) is 0 Å². The minimum absolute atomic E-state index is 0.258. The van der Waals surface area contributed by atoms with Crippen LogP contribution in [-0.2, 0) is 0 Å². The van der Waals surface area contributed by atoms with Crippen molar-refractivity contribution in [3.8, 4) is 0 Å². The van der Waals surface area contributed by atoms with Crippen LogP contribution in [0.3, 0.4) is 0 Å². The highest BCUT2D eigenvalue weighted by atomic mass is 35.5. The van der Waals surface area contributed by atoms with Crippen LogP contribution >= 0.6 is 23.4 Å². The molecule has 0 aromatic carbocycles. The molecular weight excluding hydrogens is 282 g/mol. The molecule has 2 aromatic heterocycles. The summed E-state index contributed by atoms with van der Waals surface area (Å²) in [5.41, 5.74) is 1.50. The van der Waals surface area contributed by atoms with E-state index in [9.17, 15) is 0 Å². The number of anilines is 1. The Labute approximate surface area is 120 Å². The quantitative estimate of drug-likeness (QED) is 0.627. The van der Waals surface area contributed by atoms with Crippen molar-refractivity contribution in [2.24, 2.45) is 0 Å². The van der Waals surface area contributed by atoms with Crippen molar-refractivity contribution in [3.05, 3.63) is 11.5 Å². The summed E-state index contributed by atoms with van der Waals surface area (Å²) in [6, 6.07) is 0. The normalized spacial score (nSPS) is 16.0. The van der Waals surface area contributed by atoms with E-state index in [0.717, 1.165) is 29.6 Å². The molecule has 3 heterocycles. The molecule has 1 saturated heterocycles. The van der Waals surface area contributed by atoms with Crippen molar-refractivity contribution < 1.29 is 0 Å². The molecule has 2 aromatic rings. The first-order valence-corrected chi connectivity index (χ1v) is 7.87. The average Bonchev–Trinajstić information content (AvgIpc) is 2.47. The van der Waals surface area contributed by atoms with Crippen LogP contribution in [0.2, 0.25) is 5.28 Å². The molecule has 0 N–H and O–H groups in total. The van der Waals surface area contributed by atoms with Gasteiger partial charge in [-0.3, -0.25) is 0 Å². The molecule has 19 heavy (non-hydrogen) atoms. The predicted octanol–water partition coefficient (Wildman–Crippen LogP) is 2.79. The third kappa shape index (κ3) is 2.60. The Morgan fingerprint density at radius 1 is 1.16 bits per heavy atom. The highest BCUT2D eigenvalue weighted by Crippen LogP contribution is 2.27. The van der Waals surface area contributed by atoms with E-state index >= 15 is 0 Å². The Bertz CT molecular complexity index is 600. The van der Waals surface area contributed by atoms with Gasteiger partial charge in [0.1, 0.15) is 11.0 Å². The van der Waals surface area contributed by atoms with Crippen LogP contribution < -0.4 is 4.90 Å². The first-order valence-electron chi connectivity index (χ1n) is 6.27. The number of halogens is 1. The van der Waals surface area contributed by atoms with Crippen LogP contribution in [-0.4, -0.2) is 39.3 Å². The molecule has 0 spiro atoms. The highest BCUT2D eigenvalue weighted by molar-refractivity contribution is 7.98. The summed E-state index contributed by atoms with van der Waals surface area (Å²) in [4.78, 5) is 19.6. The molecule has 5 nitrogen and oxygen atoms in total. The second kappa shape index (κ2) is 5.46. The minimum Gasteiger partial charge on any atom is -0.355 e. The first-order chi connectivity index (χ1) is 9.28. The predicted molar refractivity (Wildman–Crippen MR) is 78.0 cm³/mol. The fraction of sp³-hybridized carbons (Fsp3) is 0.500. The maximum atomic E-state index is 6.01. The molecule has 0 saturated carbocycles. The van der Waals surface area contributed by atoms with E-state index in [1.165, 1.54) is 31.0 Å². The van der Waals surface area contributed by atoms with Crippen molar-refractivity contribution in [1.29, 1.82) is 0 Å². The number of rotatable bonds is 2. The lowest BCUT2D eigenvalue weighted by Gasteiger charge is -2.28. The third-order valence-electron chi connectivity index (χ3n) is 3.21. The zero-order valence-corrected chi connectivity index (χ0v) is 12.2.